The molecule has 35 heavy (non-hydrogen) atoms. The van der Waals surface area contributed by atoms with Crippen molar-refractivity contribution in [2.24, 2.45) is 0 Å². The van der Waals surface area contributed by atoms with Crippen molar-refractivity contribution in [2.75, 3.05) is 7.11 Å². The summed E-state index contributed by atoms with van der Waals surface area (Å²) in [6.45, 7) is 0. The van der Waals surface area contributed by atoms with Crippen LogP contribution < -0.4 is 4.74 Å². The van der Waals surface area contributed by atoms with Crippen LogP contribution in [-0.2, 0) is 21.0 Å². The summed E-state index contributed by atoms with van der Waals surface area (Å²) in [6, 6.07) is 34.3. The first-order valence-corrected chi connectivity index (χ1v) is 14.1. The largest absolute Gasteiger partial charge is 0.741 e. The summed E-state index contributed by atoms with van der Waals surface area (Å²) in [5, 5.41) is 0. The van der Waals surface area contributed by atoms with E-state index in [1.807, 2.05) is 23.5 Å². The van der Waals surface area contributed by atoms with Gasteiger partial charge in [0, 0.05) is 11.0 Å². The van der Waals surface area contributed by atoms with Crippen molar-refractivity contribution < 1.29 is 30.9 Å². The highest BCUT2D eigenvalue weighted by Gasteiger charge is 2.37. The Kier molecular flexibility index (Phi) is 9.31. The molecule has 0 atom stereocenters. The molecule has 0 saturated heterocycles. The Morgan fingerprint density at radius 3 is 1.74 bits per heavy atom. The van der Waals surface area contributed by atoms with Gasteiger partial charge >= 0.3 is 5.51 Å². The van der Waals surface area contributed by atoms with Crippen molar-refractivity contribution >= 4 is 44.1 Å². The fourth-order valence-corrected chi connectivity index (χ4v) is 7.68. The van der Waals surface area contributed by atoms with Crippen LogP contribution in [0.1, 0.15) is 0 Å². The number of benzene rings is 3. The molecule has 184 valence electrons. The minimum absolute atomic E-state index is 0.0717. The third kappa shape index (κ3) is 7.77. The third-order valence-electron chi connectivity index (χ3n) is 4.28. The number of methoxy groups -OCH3 is 1. The van der Waals surface area contributed by atoms with Gasteiger partial charge in [0.2, 0.25) is 4.21 Å². The predicted octanol–water partition coefficient (Wildman–Crippen LogP) is 7.05. The summed E-state index contributed by atoms with van der Waals surface area (Å²) in [6.07, 6.45) is 0. The van der Waals surface area contributed by atoms with E-state index in [1.54, 1.807) is 18.9 Å². The first kappa shape index (κ1) is 27.2. The van der Waals surface area contributed by atoms with Gasteiger partial charge in [-0.1, -0.05) is 59.5 Å². The first-order valence-electron chi connectivity index (χ1n) is 9.87. The zero-order valence-electron chi connectivity index (χ0n) is 18.1. The van der Waals surface area contributed by atoms with Crippen LogP contribution in [0.4, 0.5) is 13.2 Å². The summed E-state index contributed by atoms with van der Waals surface area (Å²) in [5.74, 6) is 0.890. The third-order valence-corrected chi connectivity index (χ3v) is 9.64. The van der Waals surface area contributed by atoms with Gasteiger partial charge in [0.1, 0.15) is 16.6 Å². The summed E-state index contributed by atoms with van der Waals surface area (Å²) >= 11 is 3.68. The molecule has 0 fully saturated rings. The van der Waals surface area contributed by atoms with E-state index in [-0.39, 0.29) is 10.9 Å². The van der Waals surface area contributed by atoms with Gasteiger partial charge in [-0.05, 0) is 54.6 Å². The number of ether oxygens (including phenoxy) is 1. The molecule has 1 heterocycles. The molecule has 4 aromatic rings. The van der Waals surface area contributed by atoms with Crippen LogP contribution in [0.5, 0.6) is 5.75 Å². The molecule has 0 aliphatic rings. The predicted molar refractivity (Wildman–Crippen MR) is 132 cm³/mol. The fraction of sp³-hybridized carbons (Fsp3) is 0.0833. The van der Waals surface area contributed by atoms with E-state index in [1.165, 1.54) is 23.1 Å². The number of halogens is 3. The van der Waals surface area contributed by atoms with Gasteiger partial charge in [-0.2, -0.15) is 13.2 Å². The number of rotatable bonds is 6. The molecule has 0 amide bonds. The molecule has 1 aromatic heterocycles. The number of hydrogen-bond acceptors (Lipinski definition) is 6. The maximum Gasteiger partial charge on any atom is 0.485 e. The highest BCUT2D eigenvalue weighted by Crippen LogP contribution is 2.40. The average molecular weight is 557 g/mol. The van der Waals surface area contributed by atoms with E-state index in [0.717, 1.165) is 5.75 Å². The maximum absolute atomic E-state index is 10.7. The zero-order chi connectivity index (χ0) is 25.5. The second-order valence-corrected chi connectivity index (χ2v) is 12.8. The van der Waals surface area contributed by atoms with Gasteiger partial charge in [-0.25, -0.2) is 8.42 Å². The Balaban J connectivity index is 0.000000371. The topological polar surface area (TPSA) is 66.4 Å². The van der Waals surface area contributed by atoms with E-state index < -0.39 is 15.6 Å². The normalized spacial score (nSPS) is 11.6. The van der Waals surface area contributed by atoms with Crippen molar-refractivity contribution in [2.45, 2.75) is 28.6 Å². The summed E-state index contributed by atoms with van der Waals surface area (Å²) in [4.78, 5) is 3.93. The van der Waals surface area contributed by atoms with E-state index in [4.69, 9.17) is 17.7 Å². The Labute approximate surface area is 212 Å². The van der Waals surface area contributed by atoms with Gasteiger partial charge in [-0.15, -0.1) is 0 Å². The van der Waals surface area contributed by atoms with E-state index >= 15 is 0 Å². The lowest BCUT2D eigenvalue weighted by Gasteiger charge is -2.08. The minimum Gasteiger partial charge on any atom is -0.741 e. The molecule has 0 N–H and O–H groups in total. The van der Waals surface area contributed by atoms with Gasteiger partial charge in [0.05, 0.1) is 11.3 Å². The molecule has 11 heteroatoms. The van der Waals surface area contributed by atoms with Crippen molar-refractivity contribution in [1.29, 1.82) is 0 Å². The highest BCUT2D eigenvalue weighted by molar-refractivity contribution is 8.02. The van der Waals surface area contributed by atoms with Gasteiger partial charge < -0.3 is 9.29 Å². The lowest BCUT2D eigenvalue weighted by molar-refractivity contribution is -0.0517. The van der Waals surface area contributed by atoms with Crippen molar-refractivity contribution in [3.05, 3.63) is 97.1 Å². The fourth-order valence-electron chi connectivity index (χ4n) is 2.71. The SMILES string of the molecule is COc1ccc(Sc2ccc([S+](c3ccccc3)c3ccccc3)s2)cc1.O=S(=O)([O-])C(F)(F)F. The van der Waals surface area contributed by atoms with Crippen LogP contribution in [0.3, 0.4) is 0 Å². The smallest absolute Gasteiger partial charge is 0.485 e. The lowest BCUT2D eigenvalue weighted by Crippen LogP contribution is -2.21. The molecule has 0 aliphatic carbocycles. The number of alkyl halides is 3. The van der Waals surface area contributed by atoms with Crippen LogP contribution in [0.25, 0.3) is 0 Å². The molecule has 4 rings (SSSR count). The Morgan fingerprint density at radius 2 is 1.31 bits per heavy atom. The Bertz CT molecular complexity index is 1270. The minimum atomic E-state index is -6.09. The quantitative estimate of drug-likeness (QED) is 0.145. The van der Waals surface area contributed by atoms with Crippen LogP contribution in [0.15, 0.2) is 120 Å². The van der Waals surface area contributed by atoms with E-state index in [2.05, 4.69) is 84.9 Å². The second-order valence-electron chi connectivity index (χ2n) is 6.68. The average Bonchev–Trinajstić information content (AvgIpc) is 3.28. The van der Waals surface area contributed by atoms with Crippen LogP contribution >= 0.6 is 23.1 Å². The molecule has 0 bridgehead atoms. The Morgan fingerprint density at radius 1 is 0.829 bits per heavy atom. The standard InChI is InChI=1S/C23H19OS3.CHF3O3S/c1-24-18-12-14-19(15-13-18)25-22-16-17-23(26-22)27(20-8-4-2-5-9-20)21-10-6-3-7-11-21;2-1(3,4)8(5,6)7/h2-17H,1H3;(H,5,6,7)/q+1;/p-1. The summed E-state index contributed by atoms with van der Waals surface area (Å²) in [7, 11) is -4.47. The maximum atomic E-state index is 10.7. The molecule has 0 saturated carbocycles. The van der Waals surface area contributed by atoms with Crippen LogP contribution in [0, 0.1) is 0 Å². The number of hydrogen-bond donors (Lipinski definition) is 0. The summed E-state index contributed by atoms with van der Waals surface area (Å²) < 4.78 is 66.8. The molecular formula is C24H19F3O4S4. The molecule has 0 radical (unpaired) electrons. The van der Waals surface area contributed by atoms with Gasteiger partial charge in [-0.3, -0.25) is 0 Å². The van der Waals surface area contributed by atoms with Crippen molar-refractivity contribution in [3.63, 3.8) is 0 Å². The highest BCUT2D eigenvalue weighted by atomic mass is 32.2. The summed E-state index contributed by atoms with van der Waals surface area (Å²) in [5.41, 5.74) is -5.65. The van der Waals surface area contributed by atoms with Crippen molar-refractivity contribution in [1.82, 2.24) is 0 Å². The second kappa shape index (κ2) is 12.0. The molecular weight excluding hydrogens is 538 g/mol. The van der Waals surface area contributed by atoms with Crippen LogP contribution in [-0.4, -0.2) is 25.6 Å². The molecule has 0 spiro atoms. The van der Waals surface area contributed by atoms with E-state index in [0.29, 0.717) is 0 Å². The molecule has 0 unspecified atom stereocenters. The van der Waals surface area contributed by atoms with Crippen molar-refractivity contribution in [3.8, 4) is 5.75 Å². The van der Waals surface area contributed by atoms with Gasteiger partial charge in [0.25, 0.3) is 0 Å². The molecule has 4 nitrogen and oxygen atoms in total. The van der Waals surface area contributed by atoms with Gasteiger partial charge in [0.15, 0.2) is 19.9 Å². The molecule has 0 aliphatic heterocycles. The Hall–Kier alpha value is -2.44. The zero-order valence-corrected chi connectivity index (χ0v) is 21.4. The van der Waals surface area contributed by atoms with Crippen LogP contribution in [0.2, 0.25) is 0 Å². The number of thiophene rings is 1. The molecule has 3 aromatic carbocycles. The lowest BCUT2D eigenvalue weighted by atomic mass is 10.3. The first-order chi connectivity index (χ1) is 16.6. The monoisotopic (exact) mass is 556 g/mol. The van der Waals surface area contributed by atoms with E-state index in [9.17, 15) is 13.2 Å².